The largest absolute Gasteiger partial charge is 0.351 e. The van der Waals surface area contributed by atoms with Crippen molar-refractivity contribution in [1.82, 2.24) is 14.9 Å². The van der Waals surface area contributed by atoms with Gasteiger partial charge < -0.3 is 5.32 Å². The molecule has 0 unspecified atom stereocenters. The normalized spacial score (nSPS) is 11.5. The Bertz CT molecular complexity index is 1010. The van der Waals surface area contributed by atoms with E-state index in [1.54, 1.807) is 10.6 Å². The minimum atomic E-state index is -0.256. The lowest BCUT2D eigenvalue weighted by molar-refractivity contribution is -0.120. The van der Waals surface area contributed by atoms with Crippen LogP contribution in [0.1, 0.15) is 27.2 Å². The molecular formula is C21H23N3O2S. The first-order valence-electron chi connectivity index (χ1n) is 8.92. The smallest absolute Gasteiger partial charge is 0.266 e. The maximum Gasteiger partial charge on any atom is 0.266 e. The lowest BCUT2D eigenvalue weighted by atomic mass is 10.0. The average Bonchev–Trinajstić information content (AvgIpc) is 2.67. The molecule has 5 nitrogen and oxygen atoms in total. The summed E-state index contributed by atoms with van der Waals surface area (Å²) in [5.41, 5.74) is 0.973. The second-order valence-corrected chi connectivity index (χ2v) is 7.90. The predicted molar refractivity (Wildman–Crippen MR) is 111 cm³/mol. The van der Waals surface area contributed by atoms with Gasteiger partial charge in [0, 0.05) is 5.54 Å². The van der Waals surface area contributed by atoms with E-state index in [1.165, 1.54) is 11.8 Å². The van der Waals surface area contributed by atoms with Crippen LogP contribution < -0.4 is 10.9 Å². The van der Waals surface area contributed by atoms with E-state index in [2.05, 4.69) is 10.3 Å². The van der Waals surface area contributed by atoms with Gasteiger partial charge in [0.15, 0.2) is 5.16 Å². The standard InChI is InChI=1S/C21H23N3O2S/c1-4-21(2,3)23-18(25)14-27-20-22-17-13-9-8-12-16(17)19(26)24(20)15-10-6-5-7-11-15/h5-13H,4,14H2,1-3H3,(H,23,25). The number of thioether (sulfide) groups is 1. The van der Waals surface area contributed by atoms with E-state index in [0.29, 0.717) is 16.1 Å². The van der Waals surface area contributed by atoms with Crippen LogP contribution in [0, 0.1) is 0 Å². The Kier molecular flexibility index (Phi) is 5.65. The molecule has 1 N–H and O–H groups in total. The molecule has 0 bridgehead atoms. The first kappa shape index (κ1) is 19.2. The third kappa shape index (κ3) is 4.39. The molecule has 1 aromatic heterocycles. The third-order valence-electron chi connectivity index (χ3n) is 4.45. The summed E-state index contributed by atoms with van der Waals surface area (Å²) in [5.74, 6) is 0.120. The second kappa shape index (κ2) is 7.96. The molecule has 0 fully saturated rings. The fraction of sp³-hybridized carbons (Fsp3) is 0.286. The molecule has 2 aromatic carbocycles. The van der Waals surface area contributed by atoms with Gasteiger partial charge in [-0.05, 0) is 44.5 Å². The van der Waals surface area contributed by atoms with Gasteiger partial charge in [-0.25, -0.2) is 4.98 Å². The number of benzene rings is 2. The van der Waals surface area contributed by atoms with Gasteiger partial charge in [0.05, 0.1) is 22.3 Å². The number of para-hydroxylation sites is 2. The fourth-order valence-corrected chi connectivity index (χ4v) is 3.46. The number of nitrogens with zero attached hydrogens (tertiary/aromatic N) is 2. The van der Waals surface area contributed by atoms with Crippen LogP contribution >= 0.6 is 11.8 Å². The summed E-state index contributed by atoms with van der Waals surface area (Å²) < 4.78 is 1.57. The Balaban J connectivity index is 1.99. The van der Waals surface area contributed by atoms with Gasteiger partial charge >= 0.3 is 0 Å². The highest BCUT2D eigenvalue weighted by atomic mass is 32.2. The molecule has 0 aliphatic heterocycles. The van der Waals surface area contributed by atoms with Crippen molar-refractivity contribution in [3.63, 3.8) is 0 Å². The molecule has 0 saturated heterocycles. The van der Waals surface area contributed by atoms with Crippen molar-refractivity contribution < 1.29 is 4.79 Å². The number of amides is 1. The van der Waals surface area contributed by atoms with Gasteiger partial charge in [-0.2, -0.15) is 0 Å². The van der Waals surface area contributed by atoms with Gasteiger partial charge in [-0.1, -0.05) is 49.0 Å². The van der Waals surface area contributed by atoms with Crippen LogP contribution in [0.4, 0.5) is 0 Å². The van der Waals surface area contributed by atoms with Crippen LogP contribution in [0.15, 0.2) is 64.5 Å². The highest BCUT2D eigenvalue weighted by Gasteiger charge is 2.19. The Morgan fingerprint density at radius 1 is 1.11 bits per heavy atom. The molecule has 0 radical (unpaired) electrons. The molecule has 0 atom stereocenters. The number of nitrogens with one attached hydrogen (secondary N) is 1. The third-order valence-corrected chi connectivity index (χ3v) is 5.39. The summed E-state index contributed by atoms with van der Waals surface area (Å²) in [7, 11) is 0. The van der Waals surface area contributed by atoms with E-state index in [9.17, 15) is 9.59 Å². The van der Waals surface area contributed by atoms with E-state index < -0.39 is 0 Å². The second-order valence-electron chi connectivity index (χ2n) is 6.96. The molecule has 1 heterocycles. The van der Waals surface area contributed by atoms with Gasteiger partial charge in [-0.3, -0.25) is 14.2 Å². The number of carbonyl (C=O) groups is 1. The SMILES string of the molecule is CCC(C)(C)NC(=O)CSc1nc2ccccc2c(=O)n1-c1ccccc1. The molecular weight excluding hydrogens is 358 g/mol. The van der Waals surface area contributed by atoms with Crippen molar-refractivity contribution in [3.05, 3.63) is 65.0 Å². The Morgan fingerprint density at radius 3 is 2.48 bits per heavy atom. The van der Waals surface area contributed by atoms with Crippen molar-refractivity contribution in [2.75, 3.05) is 5.75 Å². The van der Waals surface area contributed by atoms with Crippen molar-refractivity contribution in [2.24, 2.45) is 0 Å². The first-order valence-corrected chi connectivity index (χ1v) is 9.91. The summed E-state index contributed by atoms with van der Waals surface area (Å²) in [5, 5.41) is 4.08. The molecule has 3 rings (SSSR count). The van der Waals surface area contributed by atoms with E-state index in [4.69, 9.17) is 0 Å². The molecule has 3 aromatic rings. The van der Waals surface area contributed by atoms with Crippen LogP contribution in [0.3, 0.4) is 0 Å². The van der Waals surface area contributed by atoms with Gasteiger partial charge in [0.1, 0.15) is 0 Å². The number of rotatable bonds is 6. The number of aromatic nitrogens is 2. The Labute approximate surface area is 162 Å². The van der Waals surface area contributed by atoms with Crippen LogP contribution in [0.2, 0.25) is 0 Å². The maximum absolute atomic E-state index is 13.1. The van der Waals surface area contributed by atoms with Gasteiger partial charge in [0.2, 0.25) is 5.91 Å². The summed E-state index contributed by atoms with van der Waals surface area (Å²) in [6.45, 7) is 6.01. The van der Waals surface area contributed by atoms with Crippen LogP contribution in [-0.4, -0.2) is 26.8 Å². The van der Waals surface area contributed by atoms with Crippen LogP contribution in [-0.2, 0) is 4.79 Å². The van der Waals surface area contributed by atoms with E-state index >= 15 is 0 Å². The molecule has 0 saturated carbocycles. The van der Waals surface area contributed by atoms with Crippen LogP contribution in [0.5, 0.6) is 0 Å². The van der Waals surface area contributed by atoms with E-state index in [1.807, 2.05) is 69.3 Å². The topological polar surface area (TPSA) is 64.0 Å². The maximum atomic E-state index is 13.1. The minimum Gasteiger partial charge on any atom is -0.351 e. The van der Waals surface area contributed by atoms with E-state index in [-0.39, 0.29) is 22.8 Å². The minimum absolute atomic E-state index is 0.0751. The van der Waals surface area contributed by atoms with Crippen molar-refractivity contribution in [3.8, 4) is 5.69 Å². The van der Waals surface area contributed by atoms with Crippen LogP contribution in [0.25, 0.3) is 16.6 Å². The van der Waals surface area contributed by atoms with Crippen molar-refractivity contribution in [2.45, 2.75) is 37.9 Å². The zero-order valence-electron chi connectivity index (χ0n) is 15.7. The zero-order valence-corrected chi connectivity index (χ0v) is 16.5. The average molecular weight is 382 g/mol. The molecule has 0 aliphatic carbocycles. The summed E-state index contributed by atoms with van der Waals surface area (Å²) in [6, 6.07) is 16.6. The van der Waals surface area contributed by atoms with Crippen molar-refractivity contribution >= 4 is 28.6 Å². The monoisotopic (exact) mass is 381 g/mol. The number of fused-ring (bicyclic) bond motifs is 1. The molecule has 0 aliphatic rings. The van der Waals surface area contributed by atoms with Crippen molar-refractivity contribution in [1.29, 1.82) is 0 Å². The lowest BCUT2D eigenvalue weighted by Gasteiger charge is -2.24. The fourth-order valence-electron chi connectivity index (χ4n) is 2.65. The first-order chi connectivity index (χ1) is 12.9. The molecule has 1 amide bonds. The van der Waals surface area contributed by atoms with Gasteiger partial charge in [0.25, 0.3) is 5.56 Å². The number of hydrogen-bond acceptors (Lipinski definition) is 4. The molecule has 27 heavy (non-hydrogen) atoms. The quantitative estimate of drug-likeness (QED) is 0.521. The number of carbonyl (C=O) groups excluding carboxylic acids is 1. The summed E-state index contributed by atoms with van der Waals surface area (Å²) >= 11 is 1.27. The highest BCUT2D eigenvalue weighted by molar-refractivity contribution is 7.99. The molecule has 6 heteroatoms. The highest BCUT2D eigenvalue weighted by Crippen LogP contribution is 2.21. The molecule has 140 valence electrons. The molecule has 0 spiro atoms. The summed E-state index contributed by atoms with van der Waals surface area (Å²) in [4.78, 5) is 30.1. The Morgan fingerprint density at radius 2 is 1.78 bits per heavy atom. The predicted octanol–water partition coefficient (Wildman–Crippen LogP) is 3.78. The number of hydrogen-bond donors (Lipinski definition) is 1. The van der Waals surface area contributed by atoms with E-state index in [0.717, 1.165) is 12.1 Å². The zero-order chi connectivity index (χ0) is 19.4. The van der Waals surface area contributed by atoms with Gasteiger partial charge in [-0.15, -0.1) is 0 Å². The summed E-state index contributed by atoms with van der Waals surface area (Å²) in [6.07, 6.45) is 0.840. The Hall–Kier alpha value is -2.60. The lowest BCUT2D eigenvalue weighted by Crippen LogP contribution is -2.43.